The molecule has 0 unspecified atom stereocenters. The lowest BCUT2D eigenvalue weighted by molar-refractivity contribution is -0.118. The van der Waals surface area contributed by atoms with Crippen LogP contribution in [0.4, 0.5) is 5.69 Å². The highest BCUT2D eigenvalue weighted by Crippen LogP contribution is 2.38. The molecule has 1 aliphatic rings. The molecule has 1 aliphatic carbocycles. The number of nitrogens with one attached hydrogen (secondary N) is 2. The molecule has 0 heterocycles. The highest BCUT2D eigenvalue weighted by Gasteiger charge is 2.33. The summed E-state index contributed by atoms with van der Waals surface area (Å²) in [6.45, 7) is 2.40. The van der Waals surface area contributed by atoms with Crippen molar-refractivity contribution in [1.82, 2.24) is 5.32 Å². The summed E-state index contributed by atoms with van der Waals surface area (Å²) in [5, 5.41) is 5.58. The molecule has 1 aromatic carbocycles. The Morgan fingerprint density at radius 2 is 1.88 bits per heavy atom. The van der Waals surface area contributed by atoms with Gasteiger partial charge in [-0.15, -0.1) is 12.4 Å². The van der Waals surface area contributed by atoms with E-state index in [2.05, 4.69) is 10.6 Å². The number of hydrogen-bond donors (Lipinski definition) is 3. The third-order valence-corrected chi connectivity index (χ3v) is 4.96. The molecule has 0 saturated heterocycles. The number of halogens is 1. The van der Waals surface area contributed by atoms with E-state index in [1.165, 1.54) is 6.42 Å². The average molecular weight is 354 g/mol. The van der Waals surface area contributed by atoms with Crippen molar-refractivity contribution in [2.24, 2.45) is 11.1 Å². The van der Waals surface area contributed by atoms with Crippen molar-refractivity contribution in [2.75, 3.05) is 18.9 Å². The van der Waals surface area contributed by atoms with Crippen molar-refractivity contribution < 1.29 is 9.59 Å². The molecule has 0 aliphatic heterocycles. The molecule has 6 heteroatoms. The second-order valence-corrected chi connectivity index (χ2v) is 6.55. The fourth-order valence-electron chi connectivity index (χ4n) is 3.44. The summed E-state index contributed by atoms with van der Waals surface area (Å²) in [4.78, 5) is 24.3. The zero-order valence-electron chi connectivity index (χ0n) is 14.5. The molecule has 2 rings (SSSR count). The Morgan fingerprint density at radius 3 is 2.46 bits per heavy atom. The van der Waals surface area contributed by atoms with Gasteiger partial charge in [-0.2, -0.15) is 0 Å². The van der Waals surface area contributed by atoms with Gasteiger partial charge in [-0.3, -0.25) is 9.59 Å². The number of amides is 2. The molecule has 0 aromatic heterocycles. The van der Waals surface area contributed by atoms with E-state index in [9.17, 15) is 9.59 Å². The third-order valence-electron chi connectivity index (χ3n) is 4.96. The Kier molecular flexibility index (Phi) is 7.70. The van der Waals surface area contributed by atoms with Crippen LogP contribution in [-0.4, -0.2) is 25.4 Å². The second kappa shape index (κ2) is 9.04. The van der Waals surface area contributed by atoms with Gasteiger partial charge in [0.1, 0.15) is 0 Å². The van der Waals surface area contributed by atoms with Crippen LogP contribution in [0.15, 0.2) is 18.2 Å². The molecule has 0 atom stereocenters. The van der Waals surface area contributed by atoms with Gasteiger partial charge < -0.3 is 16.4 Å². The first-order valence-electron chi connectivity index (χ1n) is 8.33. The molecule has 2 amide bonds. The number of hydrogen-bond acceptors (Lipinski definition) is 3. The van der Waals surface area contributed by atoms with Crippen LogP contribution in [0.5, 0.6) is 0 Å². The number of nitrogens with two attached hydrogens (primary N) is 1. The number of benzene rings is 1. The minimum Gasteiger partial charge on any atom is -0.355 e. The zero-order chi connectivity index (χ0) is 16.9. The maximum absolute atomic E-state index is 12.5. The van der Waals surface area contributed by atoms with Gasteiger partial charge >= 0.3 is 0 Å². The molecule has 1 saturated carbocycles. The highest BCUT2D eigenvalue weighted by molar-refractivity contribution is 5.99. The van der Waals surface area contributed by atoms with Crippen LogP contribution in [0.1, 0.15) is 54.4 Å². The van der Waals surface area contributed by atoms with Crippen molar-refractivity contribution in [3.8, 4) is 0 Å². The minimum atomic E-state index is -0.149. The van der Waals surface area contributed by atoms with Crippen LogP contribution in [0.25, 0.3) is 0 Å². The van der Waals surface area contributed by atoms with Gasteiger partial charge in [-0.25, -0.2) is 0 Å². The van der Waals surface area contributed by atoms with Crippen molar-refractivity contribution >= 4 is 29.9 Å². The van der Waals surface area contributed by atoms with Crippen molar-refractivity contribution in [1.29, 1.82) is 0 Å². The SMILES string of the molecule is CNC(=O)c1cccc(NC(=O)CC2(CN)CCCCC2)c1C.Cl. The summed E-state index contributed by atoms with van der Waals surface area (Å²) >= 11 is 0. The predicted molar refractivity (Wildman–Crippen MR) is 99.6 cm³/mol. The number of anilines is 1. The molecular weight excluding hydrogens is 326 g/mol. The number of rotatable bonds is 5. The van der Waals surface area contributed by atoms with E-state index in [1.807, 2.05) is 13.0 Å². The van der Waals surface area contributed by atoms with Gasteiger partial charge in [-0.1, -0.05) is 25.3 Å². The molecule has 1 aromatic rings. The van der Waals surface area contributed by atoms with Gasteiger partial charge in [0.25, 0.3) is 5.91 Å². The Balaban J connectivity index is 0.00000288. The van der Waals surface area contributed by atoms with E-state index in [1.54, 1.807) is 19.2 Å². The van der Waals surface area contributed by atoms with Gasteiger partial charge in [0.15, 0.2) is 0 Å². The van der Waals surface area contributed by atoms with Crippen molar-refractivity contribution in [3.63, 3.8) is 0 Å². The Morgan fingerprint density at radius 1 is 1.21 bits per heavy atom. The largest absolute Gasteiger partial charge is 0.355 e. The zero-order valence-corrected chi connectivity index (χ0v) is 15.3. The van der Waals surface area contributed by atoms with E-state index in [4.69, 9.17) is 5.73 Å². The molecular formula is C18H28ClN3O2. The Hall–Kier alpha value is -1.59. The fourth-order valence-corrected chi connectivity index (χ4v) is 3.44. The van der Waals surface area contributed by atoms with Crippen LogP contribution in [-0.2, 0) is 4.79 Å². The van der Waals surface area contributed by atoms with Crippen molar-refractivity contribution in [3.05, 3.63) is 29.3 Å². The third kappa shape index (κ3) is 4.71. The van der Waals surface area contributed by atoms with Crippen LogP contribution in [0.3, 0.4) is 0 Å². The molecule has 1 fully saturated rings. The van der Waals surface area contributed by atoms with Crippen LogP contribution in [0.2, 0.25) is 0 Å². The monoisotopic (exact) mass is 353 g/mol. The second-order valence-electron chi connectivity index (χ2n) is 6.55. The quantitative estimate of drug-likeness (QED) is 0.760. The van der Waals surface area contributed by atoms with Crippen LogP contribution < -0.4 is 16.4 Å². The van der Waals surface area contributed by atoms with Gasteiger partial charge in [0, 0.05) is 24.7 Å². The smallest absolute Gasteiger partial charge is 0.251 e. The van der Waals surface area contributed by atoms with Crippen LogP contribution in [0, 0.1) is 12.3 Å². The molecule has 0 radical (unpaired) electrons. The van der Waals surface area contributed by atoms with Gasteiger partial charge in [0.2, 0.25) is 5.91 Å². The van der Waals surface area contributed by atoms with E-state index >= 15 is 0 Å². The lowest BCUT2D eigenvalue weighted by atomic mass is 9.71. The van der Waals surface area contributed by atoms with E-state index in [0.29, 0.717) is 24.2 Å². The lowest BCUT2D eigenvalue weighted by Gasteiger charge is -2.35. The van der Waals surface area contributed by atoms with Gasteiger partial charge in [-0.05, 0) is 49.4 Å². The number of carbonyl (C=O) groups is 2. The molecule has 5 nitrogen and oxygen atoms in total. The summed E-state index contributed by atoms with van der Waals surface area (Å²) in [6, 6.07) is 5.37. The molecule has 4 N–H and O–H groups in total. The average Bonchev–Trinajstić information content (AvgIpc) is 2.57. The summed E-state index contributed by atoms with van der Waals surface area (Å²) < 4.78 is 0. The molecule has 0 bridgehead atoms. The first-order chi connectivity index (χ1) is 11.0. The Bertz CT molecular complexity index is 584. The molecule has 134 valence electrons. The van der Waals surface area contributed by atoms with E-state index < -0.39 is 0 Å². The Labute approximate surface area is 150 Å². The summed E-state index contributed by atoms with van der Waals surface area (Å²) in [5.41, 5.74) is 7.95. The summed E-state index contributed by atoms with van der Waals surface area (Å²) in [6.07, 6.45) is 6.03. The number of carbonyl (C=O) groups excluding carboxylic acids is 2. The maximum atomic E-state index is 12.5. The normalized spacial score (nSPS) is 16.0. The highest BCUT2D eigenvalue weighted by atomic mass is 35.5. The predicted octanol–water partition coefficient (Wildman–Crippen LogP) is 3.01. The first-order valence-corrected chi connectivity index (χ1v) is 8.33. The molecule has 24 heavy (non-hydrogen) atoms. The fraction of sp³-hybridized carbons (Fsp3) is 0.556. The lowest BCUT2D eigenvalue weighted by Crippen LogP contribution is -2.36. The maximum Gasteiger partial charge on any atom is 0.251 e. The summed E-state index contributed by atoms with van der Waals surface area (Å²) in [7, 11) is 1.60. The van der Waals surface area contributed by atoms with E-state index in [0.717, 1.165) is 31.2 Å². The van der Waals surface area contributed by atoms with Crippen molar-refractivity contribution in [2.45, 2.75) is 45.4 Å². The minimum absolute atomic E-state index is 0. The van der Waals surface area contributed by atoms with E-state index in [-0.39, 0.29) is 29.6 Å². The topological polar surface area (TPSA) is 84.2 Å². The summed E-state index contributed by atoms with van der Waals surface area (Å²) in [5.74, 6) is -0.168. The first kappa shape index (κ1) is 20.5. The van der Waals surface area contributed by atoms with Crippen LogP contribution >= 0.6 is 12.4 Å². The molecule has 0 spiro atoms. The van der Waals surface area contributed by atoms with Gasteiger partial charge in [0.05, 0.1) is 0 Å². The standard InChI is InChI=1S/C18H27N3O2.ClH/c1-13-14(17(23)20-2)7-6-8-15(13)21-16(22)11-18(12-19)9-4-3-5-10-18;/h6-8H,3-5,9-12,19H2,1-2H3,(H,20,23)(H,21,22);1H.